The number of hydrogen-bond donors (Lipinski definition) is 2. The summed E-state index contributed by atoms with van der Waals surface area (Å²) in [6.45, 7) is 4.23. The number of esters is 1. The molecule has 1 atom stereocenters. The van der Waals surface area contributed by atoms with E-state index < -0.39 is 41.5 Å². The molecular weight excluding hydrogens is 717 g/mol. The number of likely N-dealkylation sites (tertiary alicyclic amines) is 1. The number of nitrogens with zero attached hydrogens (tertiary/aromatic N) is 4. The minimum Gasteiger partial charge on any atom is -0.462 e. The summed E-state index contributed by atoms with van der Waals surface area (Å²) >= 11 is 6.10. The van der Waals surface area contributed by atoms with Crippen LogP contribution in [0, 0.1) is 0 Å². The standard InChI is InChI=1S/C37H40ClF3N6O6/c1-2-52-34(49)24-7-9-26(10-8-24)44-15-17-45(18-16-44)33(48)31(21-23-19-28(37(39,40)41)32(42)29(38)20-23)53-36(51)46-13-11-27(12-14-46)47-22-25-5-3-4-6-30(25)43-35(47)50/h3-10,19-20,27,31H,2,11-18,21-22,42H2,1H3,(H,43,50)/t31-/m1/s1. The van der Waals surface area contributed by atoms with Crippen molar-refractivity contribution in [3.8, 4) is 0 Å². The molecule has 0 unspecified atom stereocenters. The number of nitrogens with one attached hydrogen (secondary N) is 1. The van der Waals surface area contributed by atoms with E-state index in [4.69, 9.17) is 26.8 Å². The van der Waals surface area contributed by atoms with Gasteiger partial charge in [-0.2, -0.15) is 13.2 Å². The second-order valence-corrected chi connectivity index (χ2v) is 13.5. The van der Waals surface area contributed by atoms with Crippen LogP contribution < -0.4 is 16.0 Å². The molecule has 4 amide bonds. The van der Waals surface area contributed by atoms with Crippen LogP contribution in [0.3, 0.4) is 0 Å². The molecule has 12 nitrogen and oxygen atoms in total. The molecule has 0 bridgehead atoms. The first-order valence-corrected chi connectivity index (χ1v) is 17.8. The van der Waals surface area contributed by atoms with E-state index in [1.807, 2.05) is 29.2 Å². The molecule has 3 N–H and O–H groups in total. The number of fused-ring (bicyclic) bond motifs is 1. The SMILES string of the molecule is CCOC(=O)c1ccc(N2CCN(C(=O)[C@@H](Cc3cc(Cl)c(N)c(C(F)(F)F)c3)OC(=O)N3CCC(N4Cc5ccccc5NC4=O)CC3)CC2)cc1. The summed E-state index contributed by atoms with van der Waals surface area (Å²) in [5.41, 5.74) is 6.88. The Hall–Kier alpha value is -5.18. The van der Waals surface area contributed by atoms with Crippen LogP contribution in [0.25, 0.3) is 0 Å². The minimum atomic E-state index is -4.80. The molecule has 53 heavy (non-hydrogen) atoms. The second kappa shape index (κ2) is 15.8. The van der Waals surface area contributed by atoms with Gasteiger partial charge in [-0.05, 0) is 73.4 Å². The average molecular weight is 757 g/mol. The predicted octanol–water partition coefficient (Wildman–Crippen LogP) is 6.03. The highest BCUT2D eigenvalue weighted by atomic mass is 35.5. The van der Waals surface area contributed by atoms with Crippen LogP contribution in [0.4, 0.5) is 39.8 Å². The summed E-state index contributed by atoms with van der Waals surface area (Å²) in [6, 6.07) is 16.2. The number of para-hydroxylation sites is 1. The van der Waals surface area contributed by atoms with Gasteiger partial charge in [0.05, 0.1) is 28.4 Å². The van der Waals surface area contributed by atoms with Crippen LogP contribution in [-0.2, 0) is 33.4 Å². The Kier molecular flexibility index (Phi) is 11.2. The predicted molar refractivity (Wildman–Crippen MR) is 192 cm³/mol. The van der Waals surface area contributed by atoms with Crippen LogP contribution in [-0.4, -0.2) is 96.7 Å². The van der Waals surface area contributed by atoms with Crippen molar-refractivity contribution in [2.45, 2.75) is 51.1 Å². The number of ether oxygens (including phenoxy) is 2. The van der Waals surface area contributed by atoms with Crippen molar-refractivity contribution in [3.63, 3.8) is 0 Å². The molecule has 16 heteroatoms. The summed E-state index contributed by atoms with van der Waals surface area (Å²) in [4.78, 5) is 59.2. The van der Waals surface area contributed by atoms with Gasteiger partial charge in [-0.25, -0.2) is 14.4 Å². The summed E-state index contributed by atoms with van der Waals surface area (Å²) in [5, 5.41) is 2.58. The number of piperazine rings is 1. The number of alkyl halides is 3. The molecule has 6 rings (SSSR count). The molecule has 282 valence electrons. The smallest absolute Gasteiger partial charge is 0.418 e. The largest absolute Gasteiger partial charge is 0.462 e. The summed E-state index contributed by atoms with van der Waals surface area (Å²) in [5.74, 6) is -0.986. The van der Waals surface area contributed by atoms with Gasteiger partial charge < -0.3 is 40.1 Å². The number of rotatable bonds is 8. The zero-order chi connectivity index (χ0) is 37.9. The van der Waals surface area contributed by atoms with Gasteiger partial charge in [0.25, 0.3) is 5.91 Å². The zero-order valence-electron chi connectivity index (χ0n) is 29.0. The van der Waals surface area contributed by atoms with Crippen LogP contribution >= 0.6 is 11.6 Å². The lowest BCUT2D eigenvalue weighted by molar-refractivity contribution is -0.141. The van der Waals surface area contributed by atoms with E-state index in [2.05, 4.69) is 5.32 Å². The van der Waals surface area contributed by atoms with E-state index in [1.165, 1.54) is 15.9 Å². The second-order valence-electron chi connectivity index (χ2n) is 13.1. The first-order valence-electron chi connectivity index (χ1n) is 17.4. The van der Waals surface area contributed by atoms with E-state index in [-0.39, 0.29) is 61.9 Å². The zero-order valence-corrected chi connectivity index (χ0v) is 29.8. The highest BCUT2D eigenvalue weighted by Gasteiger charge is 2.38. The quantitative estimate of drug-likeness (QED) is 0.210. The van der Waals surface area contributed by atoms with Gasteiger partial charge in [-0.15, -0.1) is 0 Å². The monoisotopic (exact) mass is 756 g/mol. The average Bonchev–Trinajstić information content (AvgIpc) is 3.15. The lowest BCUT2D eigenvalue weighted by atomic mass is 10.0. The first kappa shape index (κ1) is 37.6. The van der Waals surface area contributed by atoms with Crippen LogP contribution in [0.5, 0.6) is 0 Å². The summed E-state index contributed by atoms with van der Waals surface area (Å²) < 4.78 is 52.3. The fourth-order valence-corrected chi connectivity index (χ4v) is 7.15. The fourth-order valence-electron chi connectivity index (χ4n) is 6.90. The Labute approximate surface area is 309 Å². The molecule has 0 radical (unpaired) electrons. The topological polar surface area (TPSA) is 138 Å². The van der Waals surface area contributed by atoms with E-state index in [9.17, 15) is 32.3 Å². The van der Waals surface area contributed by atoms with Crippen molar-refractivity contribution in [1.82, 2.24) is 14.7 Å². The maximum atomic E-state index is 14.0. The number of urea groups is 1. The Bertz CT molecular complexity index is 1850. The number of amides is 4. The highest BCUT2D eigenvalue weighted by Crippen LogP contribution is 2.38. The number of carbonyl (C=O) groups excluding carboxylic acids is 4. The third-order valence-corrected chi connectivity index (χ3v) is 10.1. The molecule has 3 heterocycles. The van der Waals surface area contributed by atoms with E-state index in [0.29, 0.717) is 38.0 Å². The van der Waals surface area contributed by atoms with Crippen molar-refractivity contribution >= 4 is 52.7 Å². The number of piperidine rings is 1. The lowest BCUT2D eigenvalue weighted by Gasteiger charge is -2.40. The first-order chi connectivity index (χ1) is 25.3. The molecule has 0 saturated carbocycles. The third-order valence-electron chi connectivity index (χ3n) is 9.79. The number of carbonyl (C=O) groups is 4. The number of anilines is 3. The Balaban J connectivity index is 1.13. The molecular formula is C37H40ClF3N6O6. The van der Waals surface area contributed by atoms with E-state index >= 15 is 0 Å². The Morgan fingerprint density at radius 3 is 2.30 bits per heavy atom. The molecule has 2 fully saturated rings. The van der Waals surface area contributed by atoms with Crippen LogP contribution in [0.15, 0.2) is 60.7 Å². The van der Waals surface area contributed by atoms with Gasteiger partial charge in [0.15, 0.2) is 6.10 Å². The number of nitrogen functional groups attached to an aromatic ring is 1. The van der Waals surface area contributed by atoms with Crippen molar-refractivity contribution in [3.05, 3.63) is 87.9 Å². The molecule has 0 spiro atoms. The van der Waals surface area contributed by atoms with Crippen molar-refractivity contribution in [2.75, 3.05) is 61.8 Å². The van der Waals surface area contributed by atoms with Crippen molar-refractivity contribution in [1.29, 1.82) is 0 Å². The summed E-state index contributed by atoms with van der Waals surface area (Å²) in [6.07, 6.45) is -6.48. The van der Waals surface area contributed by atoms with Crippen LogP contribution in [0.1, 0.15) is 46.8 Å². The Morgan fingerprint density at radius 2 is 1.64 bits per heavy atom. The molecule has 3 aliphatic heterocycles. The third kappa shape index (κ3) is 8.56. The Morgan fingerprint density at radius 1 is 0.962 bits per heavy atom. The van der Waals surface area contributed by atoms with Gasteiger partial charge in [0.1, 0.15) is 0 Å². The minimum absolute atomic E-state index is 0.0260. The van der Waals surface area contributed by atoms with E-state index in [1.54, 1.807) is 36.1 Å². The van der Waals surface area contributed by atoms with Crippen LogP contribution in [0.2, 0.25) is 5.02 Å². The molecule has 0 aromatic heterocycles. The van der Waals surface area contributed by atoms with Gasteiger partial charge in [0.2, 0.25) is 0 Å². The van der Waals surface area contributed by atoms with Gasteiger partial charge >= 0.3 is 24.3 Å². The van der Waals surface area contributed by atoms with E-state index in [0.717, 1.165) is 23.0 Å². The van der Waals surface area contributed by atoms with Crippen molar-refractivity contribution < 1.29 is 41.8 Å². The number of hydrogen-bond acceptors (Lipinski definition) is 8. The number of halogens is 4. The molecule has 3 aliphatic rings. The molecule has 3 aromatic carbocycles. The number of benzene rings is 3. The molecule has 2 saturated heterocycles. The lowest BCUT2D eigenvalue weighted by Crippen LogP contribution is -2.54. The normalized spacial score (nSPS) is 17.2. The van der Waals surface area contributed by atoms with Gasteiger partial charge in [0, 0.05) is 69.7 Å². The number of nitrogens with two attached hydrogens (primary N) is 1. The highest BCUT2D eigenvalue weighted by molar-refractivity contribution is 6.33. The fraction of sp³-hybridized carbons (Fsp3) is 0.405. The molecule has 0 aliphatic carbocycles. The van der Waals surface area contributed by atoms with Gasteiger partial charge in [-0.1, -0.05) is 29.8 Å². The maximum Gasteiger partial charge on any atom is 0.418 e. The maximum absolute atomic E-state index is 14.0. The molecule has 3 aromatic rings. The summed E-state index contributed by atoms with van der Waals surface area (Å²) in [7, 11) is 0. The van der Waals surface area contributed by atoms with Crippen molar-refractivity contribution in [2.24, 2.45) is 0 Å². The van der Waals surface area contributed by atoms with Gasteiger partial charge in [-0.3, -0.25) is 4.79 Å².